The Hall–Kier alpha value is -1.56. The van der Waals surface area contributed by atoms with Crippen molar-refractivity contribution in [1.29, 1.82) is 0 Å². The van der Waals surface area contributed by atoms with Crippen LogP contribution in [0, 0.1) is 5.92 Å². The third-order valence-corrected chi connectivity index (χ3v) is 3.90. The first-order chi connectivity index (χ1) is 8.25. The van der Waals surface area contributed by atoms with Crippen molar-refractivity contribution in [2.75, 3.05) is 0 Å². The van der Waals surface area contributed by atoms with E-state index in [0.29, 0.717) is 5.92 Å². The second-order valence-corrected chi connectivity index (χ2v) is 5.24. The number of allylic oxidation sites excluding steroid dienone is 2. The zero-order chi connectivity index (χ0) is 11.8. The summed E-state index contributed by atoms with van der Waals surface area (Å²) in [5.41, 5.74) is 3.04. The normalized spacial score (nSPS) is 24.0. The fourth-order valence-electron chi connectivity index (χ4n) is 3.12. The van der Waals surface area contributed by atoms with E-state index < -0.39 is 0 Å². The second-order valence-electron chi connectivity index (χ2n) is 5.24. The van der Waals surface area contributed by atoms with Crippen LogP contribution < -0.4 is 0 Å². The average molecular weight is 222 g/mol. The lowest BCUT2D eigenvalue weighted by molar-refractivity contribution is 0.641. The van der Waals surface area contributed by atoms with Gasteiger partial charge in [-0.05, 0) is 35.6 Å². The molecule has 2 atom stereocenters. The predicted octanol–water partition coefficient (Wildman–Crippen LogP) is 4.91. The summed E-state index contributed by atoms with van der Waals surface area (Å²) < 4.78 is 0. The summed E-state index contributed by atoms with van der Waals surface area (Å²) in [5, 5.41) is 2.78. The maximum atomic E-state index is 2.42. The summed E-state index contributed by atoms with van der Waals surface area (Å²) in [6.45, 7) is 4.59. The molecule has 0 amide bonds. The quantitative estimate of drug-likeness (QED) is 0.601. The molecule has 0 heteroatoms. The third kappa shape index (κ3) is 1.78. The van der Waals surface area contributed by atoms with Crippen LogP contribution in [0.2, 0.25) is 0 Å². The Bertz CT molecular complexity index is 572. The van der Waals surface area contributed by atoms with E-state index in [1.807, 2.05) is 0 Å². The maximum Gasteiger partial charge on any atom is 0.00571 e. The van der Waals surface area contributed by atoms with Crippen LogP contribution in [0.3, 0.4) is 0 Å². The van der Waals surface area contributed by atoms with Gasteiger partial charge in [0.05, 0.1) is 0 Å². The predicted molar refractivity (Wildman–Crippen MR) is 74.2 cm³/mol. The van der Waals surface area contributed by atoms with Crippen LogP contribution in [0.5, 0.6) is 0 Å². The SMILES string of the molecule is CC1=CC(C)CC1c1cccc2ccccc12. The van der Waals surface area contributed by atoms with Gasteiger partial charge in [0.25, 0.3) is 0 Å². The van der Waals surface area contributed by atoms with Gasteiger partial charge in [-0.15, -0.1) is 0 Å². The lowest BCUT2D eigenvalue weighted by Gasteiger charge is -2.16. The molecule has 0 spiro atoms. The van der Waals surface area contributed by atoms with E-state index >= 15 is 0 Å². The Morgan fingerprint density at radius 2 is 1.76 bits per heavy atom. The van der Waals surface area contributed by atoms with E-state index in [4.69, 9.17) is 0 Å². The van der Waals surface area contributed by atoms with Gasteiger partial charge in [-0.1, -0.05) is 61.0 Å². The summed E-state index contributed by atoms with van der Waals surface area (Å²) >= 11 is 0. The molecule has 2 unspecified atom stereocenters. The van der Waals surface area contributed by atoms with Crippen LogP contribution in [0.1, 0.15) is 31.7 Å². The van der Waals surface area contributed by atoms with Crippen molar-refractivity contribution in [3.05, 3.63) is 59.7 Å². The van der Waals surface area contributed by atoms with Crippen molar-refractivity contribution >= 4 is 10.8 Å². The molecule has 17 heavy (non-hydrogen) atoms. The highest BCUT2D eigenvalue weighted by Crippen LogP contribution is 2.40. The van der Waals surface area contributed by atoms with E-state index in [9.17, 15) is 0 Å². The summed E-state index contributed by atoms with van der Waals surface area (Å²) in [6.07, 6.45) is 3.69. The lowest BCUT2D eigenvalue weighted by Crippen LogP contribution is -1.98. The fraction of sp³-hybridized carbons (Fsp3) is 0.294. The van der Waals surface area contributed by atoms with Crippen LogP contribution in [-0.2, 0) is 0 Å². The Labute approximate surface area is 103 Å². The standard InChI is InChI=1S/C17H18/c1-12-10-13(2)17(11-12)16-9-5-7-14-6-3-4-8-15(14)16/h3-10,12,17H,11H2,1-2H3. The van der Waals surface area contributed by atoms with Crippen molar-refractivity contribution in [2.45, 2.75) is 26.2 Å². The molecule has 0 saturated carbocycles. The fourth-order valence-corrected chi connectivity index (χ4v) is 3.12. The number of benzene rings is 2. The molecule has 3 rings (SSSR count). The molecule has 86 valence electrons. The Morgan fingerprint density at radius 1 is 1.00 bits per heavy atom. The van der Waals surface area contributed by atoms with Gasteiger partial charge < -0.3 is 0 Å². The zero-order valence-electron chi connectivity index (χ0n) is 10.5. The number of hydrogen-bond acceptors (Lipinski definition) is 0. The highest BCUT2D eigenvalue weighted by atomic mass is 14.3. The second kappa shape index (κ2) is 4.03. The molecular formula is C17H18. The Morgan fingerprint density at radius 3 is 2.53 bits per heavy atom. The molecule has 0 N–H and O–H groups in total. The van der Waals surface area contributed by atoms with Crippen molar-refractivity contribution in [3.8, 4) is 0 Å². The Balaban J connectivity index is 2.15. The van der Waals surface area contributed by atoms with E-state index in [1.165, 1.54) is 28.3 Å². The van der Waals surface area contributed by atoms with E-state index in [2.05, 4.69) is 62.4 Å². The molecule has 0 fully saturated rings. The van der Waals surface area contributed by atoms with Crippen LogP contribution >= 0.6 is 0 Å². The van der Waals surface area contributed by atoms with Crippen molar-refractivity contribution in [2.24, 2.45) is 5.92 Å². The first-order valence-electron chi connectivity index (χ1n) is 6.41. The first kappa shape index (κ1) is 10.6. The van der Waals surface area contributed by atoms with Crippen LogP contribution in [0.4, 0.5) is 0 Å². The van der Waals surface area contributed by atoms with Crippen LogP contribution in [0.25, 0.3) is 10.8 Å². The molecule has 0 aliphatic heterocycles. The van der Waals surface area contributed by atoms with Gasteiger partial charge in [0.15, 0.2) is 0 Å². The molecule has 0 aromatic heterocycles. The molecule has 1 aliphatic carbocycles. The van der Waals surface area contributed by atoms with Gasteiger partial charge in [0, 0.05) is 5.92 Å². The number of hydrogen-bond donors (Lipinski definition) is 0. The monoisotopic (exact) mass is 222 g/mol. The van der Waals surface area contributed by atoms with Crippen LogP contribution in [0.15, 0.2) is 54.1 Å². The van der Waals surface area contributed by atoms with Gasteiger partial charge >= 0.3 is 0 Å². The molecule has 2 aromatic carbocycles. The molecule has 0 radical (unpaired) electrons. The number of rotatable bonds is 1. The molecular weight excluding hydrogens is 204 g/mol. The minimum Gasteiger partial charge on any atom is -0.0821 e. The van der Waals surface area contributed by atoms with E-state index in [-0.39, 0.29) is 0 Å². The Kier molecular flexibility index (Phi) is 2.51. The first-order valence-corrected chi connectivity index (χ1v) is 6.41. The minimum absolute atomic E-state index is 0.621. The van der Waals surface area contributed by atoms with E-state index in [0.717, 1.165) is 5.92 Å². The van der Waals surface area contributed by atoms with Gasteiger partial charge in [-0.25, -0.2) is 0 Å². The van der Waals surface area contributed by atoms with Gasteiger partial charge in [0.1, 0.15) is 0 Å². The number of fused-ring (bicyclic) bond motifs is 1. The zero-order valence-corrected chi connectivity index (χ0v) is 10.5. The summed E-state index contributed by atoms with van der Waals surface area (Å²) in [7, 11) is 0. The van der Waals surface area contributed by atoms with Gasteiger partial charge in [-0.2, -0.15) is 0 Å². The van der Waals surface area contributed by atoms with E-state index in [1.54, 1.807) is 0 Å². The smallest absolute Gasteiger partial charge is 0.00571 e. The summed E-state index contributed by atoms with van der Waals surface area (Å²) in [4.78, 5) is 0. The van der Waals surface area contributed by atoms with Crippen molar-refractivity contribution in [3.63, 3.8) is 0 Å². The average Bonchev–Trinajstić information content (AvgIpc) is 2.68. The molecule has 1 aliphatic rings. The molecule has 2 aromatic rings. The molecule has 0 bridgehead atoms. The topological polar surface area (TPSA) is 0 Å². The molecule has 0 heterocycles. The third-order valence-electron chi connectivity index (χ3n) is 3.90. The highest BCUT2D eigenvalue weighted by molar-refractivity contribution is 5.86. The summed E-state index contributed by atoms with van der Waals surface area (Å²) in [6, 6.07) is 15.4. The lowest BCUT2D eigenvalue weighted by atomic mass is 9.88. The highest BCUT2D eigenvalue weighted by Gasteiger charge is 2.23. The maximum absolute atomic E-state index is 2.42. The molecule has 0 nitrogen and oxygen atoms in total. The summed E-state index contributed by atoms with van der Waals surface area (Å²) in [5.74, 6) is 1.34. The largest absolute Gasteiger partial charge is 0.0821 e. The van der Waals surface area contributed by atoms with Crippen LogP contribution in [-0.4, -0.2) is 0 Å². The van der Waals surface area contributed by atoms with Crippen molar-refractivity contribution < 1.29 is 0 Å². The minimum atomic E-state index is 0.621. The van der Waals surface area contributed by atoms with Gasteiger partial charge in [-0.3, -0.25) is 0 Å². The van der Waals surface area contributed by atoms with Gasteiger partial charge in [0.2, 0.25) is 0 Å². The molecule has 0 saturated heterocycles. The van der Waals surface area contributed by atoms with Crippen molar-refractivity contribution in [1.82, 2.24) is 0 Å².